The van der Waals surface area contributed by atoms with E-state index in [4.69, 9.17) is 9.52 Å². The maximum absolute atomic E-state index is 12.8. The Morgan fingerprint density at radius 2 is 1.94 bits per heavy atom. The van der Waals surface area contributed by atoms with Crippen LogP contribution in [0.2, 0.25) is 0 Å². The van der Waals surface area contributed by atoms with E-state index in [-0.39, 0.29) is 5.91 Å². The molecule has 2 aliphatic rings. The van der Waals surface area contributed by atoms with Gasteiger partial charge in [-0.2, -0.15) is 10.1 Å². The van der Waals surface area contributed by atoms with Crippen molar-refractivity contribution in [3.8, 4) is 17.1 Å². The number of carbonyl (C=O) groups excluding carboxylic acids is 1. The van der Waals surface area contributed by atoms with Crippen LogP contribution in [-0.2, 0) is 4.79 Å². The third-order valence-corrected chi connectivity index (χ3v) is 7.29. The van der Waals surface area contributed by atoms with E-state index in [1.54, 1.807) is 0 Å². The van der Waals surface area contributed by atoms with Gasteiger partial charge in [-0.05, 0) is 60.9 Å². The molecule has 1 fully saturated rings. The number of thioether (sulfide) groups is 1. The largest absolute Gasteiger partial charge is 0.454 e. The number of likely N-dealkylation sites (tertiary alicyclic amines) is 1. The van der Waals surface area contributed by atoms with Gasteiger partial charge in [0.2, 0.25) is 0 Å². The number of hydrogen-bond donors (Lipinski definition) is 0. The monoisotopic (exact) mass is 468 g/mol. The first-order valence-corrected chi connectivity index (χ1v) is 12.4. The summed E-state index contributed by atoms with van der Waals surface area (Å²) in [6, 6.07) is 19.8. The van der Waals surface area contributed by atoms with Gasteiger partial charge in [-0.15, -0.1) is 0 Å². The summed E-state index contributed by atoms with van der Waals surface area (Å²) in [7, 11) is 0. The Hall–Kier alpha value is -3.58. The minimum atomic E-state index is -0.193. The van der Waals surface area contributed by atoms with Gasteiger partial charge in [-0.25, -0.2) is 4.68 Å². The summed E-state index contributed by atoms with van der Waals surface area (Å²) in [6.45, 7) is 4.15. The van der Waals surface area contributed by atoms with Crippen molar-refractivity contribution in [2.45, 2.75) is 19.8 Å². The second-order valence-electron chi connectivity index (χ2n) is 8.87. The van der Waals surface area contributed by atoms with E-state index in [9.17, 15) is 4.79 Å². The minimum absolute atomic E-state index is 0.193. The number of aromatic nitrogens is 2. The number of nitrogens with zero attached hydrogens (tertiary/aromatic N) is 4. The molecule has 6 rings (SSSR count). The lowest BCUT2D eigenvalue weighted by Crippen LogP contribution is -2.37. The Morgan fingerprint density at radius 3 is 2.76 bits per heavy atom. The number of para-hydroxylation sites is 2. The maximum Gasteiger partial charge on any atom is 0.286 e. The van der Waals surface area contributed by atoms with Crippen LogP contribution in [0.1, 0.15) is 25.3 Å². The van der Waals surface area contributed by atoms with E-state index in [0.717, 1.165) is 46.9 Å². The first-order chi connectivity index (χ1) is 16.6. The van der Waals surface area contributed by atoms with Crippen LogP contribution in [0.15, 0.2) is 81.2 Å². The molecule has 1 saturated heterocycles. The molecule has 0 bridgehead atoms. The maximum atomic E-state index is 12.8. The average Bonchev–Trinajstić information content (AvgIpc) is 3.57. The highest BCUT2D eigenvalue weighted by Crippen LogP contribution is 2.35. The molecule has 0 saturated carbocycles. The Balaban J connectivity index is 1.39. The molecule has 0 N–H and O–H groups in total. The lowest BCUT2D eigenvalue weighted by Gasteiger charge is -2.31. The normalized spacial score (nSPS) is 19.9. The molecule has 1 unspecified atom stereocenters. The molecule has 1 amide bonds. The van der Waals surface area contributed by atoms with Gasteiger partial charge < -0.3 is 9.32 Å². The first-order valence-electron chi connectivity index (χ1n) is 11.6. The van der Waals surface area contributed by atoms with Gasteiger partial charge in [0.15, 0.2) is 10.9 Å². The van der Waals surface area contributed by atoms with Crippen molar-refractivity contribution in [1.82, 2.24) is 14.7 Å². The number of aliphatic imine (C=N–C) groups is 1. The van der Waals surface area contributed by atoms with Crippen molar-refractivity contribution in [3.63, 3.8) is 0 Å². The van der Waals surface area contributed by atoms with E-state index < -0.39 is 0 Å². The Labute approximate surface area is 202 Å². The molecule has 1 atom stereocenters. The van der Waals surface area contributed by atoms with E-state index in [2.05, 4.69) is 16.8 Å². The Bertz CT molecular complexity index is 1400. The zero-order chi connectivity index (χ0) is 23.1. The van der Waals surface area contributed by atoms with Gasteiger partial charge in [0.05, 0.1) is 10.6 Å². The molecule has 0 radical (unpaired) electrons. The number of furan rings is 1. The van der Waals surface area contributed by atoms with Crippen LogP contribution in [-0.4, -0.2) is 38.8 Å². The molecular weight excluding hydrogens is 444 g/mol. The van der Waals surface area contributed by atoms with Crippen LogP contribution >= 0.6 is 11.8 Å². The van der Waals surface area contributed by atoms with Crippen LogP contribution in [0.5, 0.6) is 0 Å². The highest BCUT2D eigenvalue weighted by molar-refractivity contribution is 8.18. The van der Waals surface area contributed by atoms with Gasteiger partial charge in [0, 0.05) is 30.2 Å². The lowest BCUT2D eigenvalue weighted by molar-refractivity contribution is -0.113. The fourth-order valence-electron chi connectivity index (χ4n) is 4.53. The Kier molecular flexibility index (Phi) is 5.34. The van der Waals surface area contributed by atoms with Gasteiger partial charge in [0.1, 0.15) is 11.3 Å². The molecule has 170 valence electrons. The zero-order valence-electron chi connectivity index (χ0n) is 18.8. The standard InChI is InChI=1S/C27H24N4O2S/c1-18-8-7-13-30(16-18)27-28-26(32)24(34-27)15-20-17-31(21-10-3-2-4-11-21)29-25(20)23-14-19-9-5-6-12-22(19)33-23/h2-6,9-12,14-15,17-18H,7-8,13,16H2,1H3. The van der Waals surface area contributed by atoms with Crippen molar-refractivity contribution in [2.24, 2.45) is 10.9 Å². The third kappa shape index (κ3) is 3.96. The first kappa shape index (κ1) is 21.0. The SMILES string of the molecule is CC1CCCN(C2=NC(=O)C(=Cc3cn(-c4ccccc4)nc3-c3cc4ccccc4o3)S2)C1. The second-order valence-corrected chi connectivity index (χ2v) is 9.87. The summed E-state index contributed by atoms with van der Waals surface area (Å²) >= 11 is 1.46. The molecule has 34 heavy (non-hydrogen) atoms. The molecule has 7 heteroatoms. The quantitative estimate of drug-likeness (QED) is 0.346. The van der Waals surface area contributed by atoms with Crippen LogP contribution in [0.4, 0.5) is 0 Å². The summed E-state index contributed by atoms with van der Waals surface area (Å²) in [6.07, 6.45) is 6.20. The molecule has 6 nitrogen and oxygen atoms in total. The highest BCUT2D eigenvalue weighted by Gasteiger charge is 2.29. The van der Waals surface area contributed by atoms with Gasteiger partial charge in [-0.3, -0.25) is 4.79 Å². The Morgan fingerprint density at radius 1 is 1.12 bits per heavy atom. The van der Waals surface area contributed by atoms with E-state index in [1.807, 2.05) is 77.6 Å². The van der Waals surface area contributed by atoms with Crippen molar-refractivity contribution < 1.29 is 9.21 Å². The van der Waals surface area contributed by atoms with Crippen LogP contribution < -0.4 is 0 Å². The topological polar surface area (TPSA) is 63.6 Å². The molecule has 2 aromatic heterocycles. The molecule has 0 aliphatic carbocycles. The molecule has 4 aromatic rings. The smallest absolute Gasteiger partial charge is 0.286 e. The summed E-state index contributed by atoms with van der Waals surface area (Å²) in [5.41, 5.74) is 3.26. The van der Waals surface area contributed by atoms with Crippen molar-refractivity contribution in [1.29, 1.82) is 0 Å². The number of amidine groups is 1. The summed E-state index contributed by atoms with van der Waals surface area (Å²) in [4.78, 5) is 20.0. The van der Waals surface area contributed by atoms with E-state index in [0.29, 0.717) is 22.3 Å². The van der Waals surface area contributed by atoms with Crippen LogP contribution in [0, 0.1) is 5.92 Å². The predicted octanol–water partition coefficient (Wildman–Crippen LogP) is 5.99. The highest BCUT2D eigenvalue weighted by atomic mass is 32.2. The van der Waals surface area contributed by atoms with Crippen LogP contribution in [0.25, 0.3) is 34.2 Å². The van der Waals surface area contributed by atoms with E-state index >= 15 is 0 Å². The number of piperidine rings is 1. The molecular formula is C27H24N4O2S. The molecule has 4 heterocycles. The zero-order valence-corrected chi connectivity index (χ0v) is 19.7. The summed E-state index contributed by atoms with van der Waals surface area (Å²) < 4.78 is 7.96. The minimum Gasteiger partial charge on any atom is -0.454 e. The molecule has 0 spiro atoms. The second kappa shape index (κ2) is 8.65. The van der Waals surface area contributed by atoms with Crippen LogP contribution in [0.3, 0.4) is 0 Å². The van der Waals surface area contributed by atoms with Crippen molar-refractivity contribution >= 4 is 39.9 Å². The fraction of sp³-hybridized carbons (Fsp3) is 0.222. The van der Waals surface area contributed by atoms with Gasteiger partial charge in [-0.1, -0.05) is 43.3 Å². The number of benzene rings is 2. The van der Waals surface area contributed by atoms with Crippen molar-refractivity contribution in [2.75, 3.05) is 13.1 Å². The third-order valence-electron chi connectivity index (χ3n) is 6.25. The van der Waals surface area contributed by atoms with Crippen molar-refractivity contribution in [3.05, 3.63) is 77.3 Å². The molecule has 2 aliphatic heterocycles. The summed E-state index contributed by atoms with van der Waals surface area (Å²) in [5, 5.41) is 6.67. The number of fused-ring (bicyclic) bond motifs is 1. The molecule has 2 aromatic carbocycles. The fourth-order valence-corrected chi connectivity index (χ4v) is 5.47. The number of rotatable bonds is 3. The number of hydrogen-bond acceptors (Lipinski definition) is 5. The average molecular weight is 469 g/mol. The van der Waals surface area contributed by atoms with E-state index in [1.165, 1.54) is 18.2 Å². The van der Waals surface area contributed by atoms with Gasteiger partial charge in [0.25, 0.3) is 5.91 Å². The number of amides is 1. The summed E-state index contributed by atoms with van der Waals surface area (Å²) in [5.74, 6) is 1.09. The van der Waals surface area contributed by atoms with Gasteiger partial charge >= 0.3 is 0 Å². The predicted molar refractivity (Wildman–Crippen MR) is 137 cm³/mol. The lowest BCUT2D eigenvalue weighted by atomic mass is 10.0. The number of carbonyl (C=O) groups is 1.